The third kappa shape index (κ3) is 3.91. The quantitative estimate of drug-likeness (QED) is 0.555. The largest absolute Gasteiger partial charge is 1.00 e. The monoisotopic (exact) mass is 246 g/mol. The number of ether oxygens (including phenoxy) is 2. The van der Waals surface area contributed by atoms with Crippen LogP contribution >= 0.6 is 0 Å². The molecule has 0 amide bonds. The molecule has 0 spiro atoms. The third-order valence-corrected chi connectivity index (χ3v) is 1.52. The van der Waals surface area contributed by atoms with Crippen LogP contribution in [-0.4, -0.2) is 31.4 Å². The Kier molecular flexibility index (Phi) is 6.11. The molecular weight excluding hydrogens is 239 g/mol. The van der Waals surface area contributed by atoms with Crippen LogP contribution in [0.15, 0.2) is 6.07 Å². The van der Waals surface area contributed by atoms with Crippen LogP contribution in [0.3, 0.4) is 0 Å². The van der Waals surface area contributed by atoms with E-state index in [1.807, 2.05) is 0 Å². The van der Waals surface area contributed by atoms with E-state index in [2.05, 4.69) is 19.7 Å². The maximum Gasteiger partial charge on any atom is 1.00 e. The first-order valence-electron chi connectivity index (χ1n) is 3.64. The smallest absolute Gasteiger partial charge is 0.482 e. The minimum Gasteiger partial charge on any atom is -0.482 e. The fraction of sp³-hybridized carbons (Fsp3) is 0.333. The summed E-state index contributed by atoms with van der Waals surface area (Å²) in [6.07, 6.45) is 0. The van der Waals surface area contributed by atoms with E-state index in [-0.39, 0.29) is 57.3 Å². The van der Waals surface area contributed by atoms with E-state index < -0.39 is 18.3 Å². The predicted molar refractivity (Wildman–Crippen MR) is 43.8 cm³/mol. The van der Waals surface area contributed by atoms with Crippen molar-refractivity contribution in [3.05, 3.63) is 6.07 Å². The van der Waals surface area contributed by atoms with Gasteiger partial charge in [0.1, 0.15) is 0 Å². The predicted octanol–water partition coefficient (Wildman–Crippen LogP) is -2.45. The summed E-state index contributed by atoms with van der Waals surface area (Å²) < 4.78 is 46.2. The Morgan fingerprint density at radius 3 is 2.13 bits per heavy atom. The Hall–Kier alpha value is 0.171. The third-order valence-electron chi connectivity index (χ3n) is 1.52. The molecule has 0 atom stereocenters. The van der Waals surface area contributed by atoms with Crippen LogP contribution in [0, 0.1) is 0 Å². The summed E-state index contributed by atoms with van der Waals surface area (Å²) in [6.45, 7) is -5.17. The van der Waals surface area contributed by atoms with Gasteiger partial charge in [0.15, 0.2) is 0 Å². The maximum absolute atomic E-state index is 12.4. The summed E-state index contributed by atoms with van der Waals surface area (Å²) in [7, 11) is 2.31. The van der Waals surface area contributed by atoms with Gasteiger partial charge in [-0.1, -0.05) is 0 Å². The molecule has 78 valence electrons. The molecule has 4 nitrogen and oxygen atoms in total. The zero-order valence-corrected chi connectivity index (χ0v) is 11.6. The Bertz CT molecular complexity index is 337. The van der Waals surface area contributed by atoms with Crippen molar-refractivity contribution in [3.8, 4) is 11.8 Å². The van der Waals surface area contributed by atoms with Gasteiger partial charge in [0.2, 0.25) is 11.8 Å². The zero-order chi connectivity index (χ0) is 10.8. The molecule has 0 aliphatic heterocycles. The molecule has 0 aromatic carbocycles. The van der Waals surface area contributed by atoms with Gasteiger partial charge in [-0.3, -0.25) is 0 Å². The van der Waals surface area contributed by atoms with Gasteiger partial charge in [-0.15, -0.1) is 10.2 Å². The van der Waals surface area contributed by atoms with Crippen molar-refractivity contribution < 1.29 is 73.8 Å². The number of aromatic nitrogens is 2. The molecule has 1 aromatic rings. The van der Waals surface area contributed by atoms with E-state index in [1.165, 1.54) is 7.11 Å². The van der Waals surface area contributed by atoms with Crippen LogP contribution in [0.25, 0.3) is 0 Å². The van der Waals surface area contributed by atoms with Crippen molar-refractivity contribution >= 4 is 12.4 Å². The molecule has 0 aliphatic carbocycles. The van der Waals surface area contributed by atoms with Crippen LogP contribution in [0.1, 0.15) is 0 Å². The average molecular weight is 246 g/mol. The molecule has 0 aliphatic rings. The topological polar surface area (TPSA) is 44.2 Å². The second-order valence-corrected chi connectivity index (χ2v) is 2.43. The molecule has 0 unspecified atom stereocenters. The van der Waals surface area contributed by atoms with Gasteiger partial charge < -0.3 is 22.4 Å². The van der Waals surface area contributed by atoms with Gasteiger partial charge >= 0.3 is 58.4 Å². The molecule has 0 fully saturated rings. The standard InChI is InChI=1S/C6H7BF3N2O2.K/c1-13-5-3-4(7(8,9)10)6(14-2)12-11-5;/h3H,1-2H3;/q-1;+1. The Morgan fingerprint density at radius 2 is 1.73 bits per heavy atom. The van der Waals surface area contributed by atoms with Gasteiger partial charge in [-0.2, -0.15) is 0 Å². The van der Waals surface area contributed by atoms with E-state index in [9.17, 15) is 12.9 Å². The van der Waals surface area contributed by atoms with Crippen LogP contribution in [0.5, 0.6) is 11.8 Å². The summed E-state index contributed by atoms with van der Waals surface area (Å²) in [4.78, 5) is 0. The first-order valence-corrected chi connectivity index (χ1v) is 3.64. The van der Waals surface area contributed by atoms with E-state index >= 15 is 0 Å². The van der Waals surface area contributed by atoms with E-state index in [1.54, 1.807) is 0 Å². The number of hydrogen-bond donors (Lipinski definition) is 0. The van der Waals surface area contributed by atoms with Crippen molar-refractivity contribution in [1.82, 2.24) is 10.2 Å². The van der Waals surface area contributed by atoms with Crippen LogP contribution in [0.2, 0.25) is 0 Å². The van der Waals surface area contributed by atoms with E-state index in [0.717, 1.165) is 13.2 Å². The number of hydrogen-bond acceptors (Lipinski definition) is 4. The number of halogens is 3. The van der Waals surface area contributed by atoms with Gasteiger partial charge in [-0.05, 0) is 11.5 Å². The number of methoxy groups -OCH3 is 2. The minimum absolute atomic E-state index is 0. The second kappa shape index (κ2) is 6.04. The van der Waals surface area contributed by atoms with E-state index in [0.29, 0.717) is 0 Å². The van der Waals surface area contributed by atoms with Crippen LogP contribution < -0.4 is 66.3 Å². The normalized spacial score (nSPS) is 10.5. The van der Waals surface area contributed by atoms with Gasteiger partial charge in [0, 0.05) is 0 Å². The van der Waals surface area contributed by atoms with Crippen molar-refractivity contribution in [2.75, 3.05) is 14.2 Å². The molecule has 15 heavy (non-hydrogen) atoms. The Morgan fingerprint density at radius 1 is 1.13 bits per heavy atom. The molecule has 9 heteroatoms. The SMILES string of the molecule is COc1cc([B-](F)(F)F)c(OC)nn1.[K+]. The molecular formula is C6H7BF3KN2O2. The van der Waals surface area contributed by atoms with Crippen molar-refractivity contribution in [3.63, 3.8) is 0 Å². The van der Waals surface area contributed by atoms with Gasteiger partial charge in [0.25, 0.3) is 0 Å². The average Bonchev–Trinajstić information content (AvgIpc) is 2.15. The zero-order valence-electron chi connectivity index (χ0n) is 8.50. The summed E-state index contributed by atoms with van der Waals surface area (Å²) >= 11 is 0. The molecule has 0 saturated heterocycles. The minimum atomic E-state index is -5.17. The molecule has 1 heterocycles. The maximum atomic E-state index is 12.4. The van der Waals surface area contributed by atoms with Crippen molar-refractivity contribution in [2.45, 2.75) is 0 Å². The molecule has 1 aromatic heterocycles. The van der Waals surface area contributed by atoms with Crippen LogP contribution in [-0.2, 0) is 0 Å². The number of nitrogens with zero attached hydrogens (tertiary/aromatic N) is 2. The first kappa shape index (κ1) is 15.2. The molecule has 0 bridgehead atoms. The number of rotatable bonds is 3. The summed E-state index contributed by atoms with van der Waals surface area (Å²) in [5.74, 6) is -0.738. The van der Waals surface area contributed by atoms with Gasteiger partial charge in [-0.25, -0.2) is 0 Å². The summed E-state index contributed by atoms with van der Waals surface area (Å²) in [5, 5.41) is 6.59. The van der Waals surface area contributed by atoms with Crippen molar-refractivity contribution in [1.29, 1.82) is 0 Å². The van der Waals surface area contributed by atoms with Gasteiger partial charge in [0.05, 0.1) is 14.2 Å². The summed E-state index contributed by atoms with van der Waals surface area (Å²) in [6, 6.07) is 0.756. The molecule has 0 saturated carbocycles. The Labute approximate surface area is 127 Å². The second-order valence-electron chi connectivity index (χ2n) is 2.43. The van der Waals surface area contributed by atoms with Crippen LogP contribution in [0.4, 0.5) is 12.9 Å². The first-order chi connectivity index (χ1) is 6.49. The molecule has 0 radical (unpaired) electrons. The van der Waals surface area contributed by atoms with E-state index in [4.69, 9.17) is 0 Å². The van der Waals surface area contributed by atoms with Crippen molar-refractivity contribution in [2.24, 2.45) is 0 Å². The Balaban J connectivity index is 0.00000196. The molecule has 0 N–H and O–H groups in total. The fourth-order valence-corrected chi connectivity index (χ4v) is 0.869. The molecule has 1 rings (SSSR count). The fourth-order valence-electron chi connectivity index (χ4n) is 0.869. The summed E-state index contributed by atoms with van der Waals surface area (Å²) in [5.41, 5.74) is -0.945.